The number of halogens is 1. The molecule has 2 heterocycles. The van der Waals surface area contributed by atoms with Gasteiger partial charge in [-0.25, -0.2) is 4.39 Å². The second-order valence-electron chi connectivity index (χ2n) is 7.71. The molecule has 30 heavy (non-hydrogen) atoms. The summed E-state index contributed by atoms with van der Waals surface area (Å²) in [6, 6.07) is 10.1. The van der Waals surface area contributed by atoms with Crippen molar-refractivity contribution in [3.8, 4) is 0 Å². The van der Waals surface area contributed by atoms with Crippen LogP contribution in [0.2, 0.25) is 0 Å². The van der Waals surface area contributed by atoms with Crippen molar-refractivity contribution >= 4 is 17.1 Å². The number of piperazine rings is 1. The molecule has 0 radical (unpaired) electrons. The summed E-state index contributed by atoms with van der Waals surface area (Å²) >= 11 is 0. The van der Waals surface area contributed by atoms with Crippen molar-refractivity contribution in [1.29, 1.82) is 0 Å². The van der Waals surface area contributed by atoms with E-state index >= 15 is 0 Å². The minimum absolute atomic E-state index is 0.0624. The molecule has 1 aliphatic rings. The fraction of sp³-hybridized carbons (Fsp3) is 0.364. The summed E-state index contributed by atoms with van der Waals surface area (Å²) < 4.78 is 18.7. The monoisotopic (exact) mass is 412 g/mol. The molecule has 1 aromatic heterocycles. The standard InChI is InChI=1S/C22H25FN4O3/c1-25(2)17(18-4-3-13-30-18)14-24-19-20(22(29)21(19)28)27-11-9-26(10-12-27)16-7-5-15(23)6-8-16/h3-8,13,17,24H,9-12,14H2,1-2H3/t17-/m1/s1. The first kappa shape index (κ1) is 20.2. The lowest BCUT2D eigenvalue weighted by molar-refractivity contribution is 0.269. The number of furan rings is 1. The maximum absolute atomic E-state index is 13.1. The Morgan fingerprint density at radius 1 is 1.03 bits per heavy atom. The van der Waals surface area contributed by atoms with Crippen LogP contribution >= 0.6 is 0 Å². The highest BCUT2D eigenvalue weighted by Crippen LogP contribution is 2.26. The molecule has 8 heteroatoms. The molecule has 1 aliphatic heterocycles. The van der Waals surface area contributed by atoms with Crippen LogP contribution in [0, 0.1) is 5.82 Å². The average molecular weight is 412 g/mol. The molecular weight excluding hydrogens is 387 g/mol. The molecule has 7 nitrogen and oxygen atoms in total. The van der Waals surface area contributed by atoms with Crippen LogP contribution in [0.15, 0.2) is 56.7 Å². The first-order valence-electron chi connectivity index (χ1n) is 9.98. The molecule has 1 N–H and O–H groups in total. The van der Waals surface area contributed by atoms with E-state index in [1.807, 2.05) is 36.0 Å². The molecule has 158 valence electrons. The summed E-state index contributed by atoms with van der Waals surface area (Å²) in [5.41, 5.74) is 0.894. The number of nitrogens with zero attached hydrogens (tertiary/aromatic N) is 3. The van der Waals surface area contributed by atoms with Crippen molar-refractivity contribution in [2.75, 3.05) is 61.9 Å². The molecule has 2 aromatic carbocycles. The summed E-state index contributed by atoms with van der Waals surface area (Å²) in [4.78, 5) is 30.6. The normalized spacial score (nSPS) is 15.7. The number of nitrogens with one attached hydrogen (secondary N) is 1. The van der Waals surface area contributed by atoms with Crippen molar-refractivity contribution < 1.29 is 8.81 Å². The van der Waals surface area contributed by atoms with Crippen LogP contribution in [0.25, 0.3) is 0 Å². The number of anilines is 3. The van der Waals surface area contributed by atoms with Gasteiger partial charge in [-0.2, -0.15) is 0 Å². The molecule has 1 fully saturated rings. The van der Waals surface area contributed by atoms with Crippen molar-refractivity contribution in [3.63, 3.8) is 0 Å². The van der Waals surface area contributed by atoms with E-state index in [0.717, 1.165) is 11.4 Å². The van der Waals surface area contributed by atoms with E-state index in [9.17, 15) is 14.0 Å². The van der Waals surface area contributed by atoms with Gasteiger partial charge in [0.15, 0.2) is 0 Å². The predicted molar refractivity (Wildman–Crippen MR) is 116 cm³/mol. The smallest absolute Gasteiger partial charge is 0.253 e. The molecule has 0 bridgehead atoms. The number of rotatable bonds is 7. The molecule has 0 unspecified atom stereocenters. The average Bonchev–Trinajstić information content (AvgIpc) is 3.28. The first-order valence-corrected chi connectivity index (χ1v) is 9.98. The van der Waals surface area contributed by atoms with Gasteiger partial charge >= 0.3 is 0 Å². The molecular formula is C22H25FN4O3. The van der Waals surface area contributed by atoms with Crippen LogP contribution in [0.5, 0.6) is 0 Å². The molecule has 1 saturated heterocycles. The van der Waals surface area contributed by atoms with Gasteiger partial charge < -0.3 is 19.5 Å². The maximum atomic E-state index is 13.1. The van der Waals surface area contributed by atoms with Crippen molar-refractivity contribution in [2.24, 2.45) is 0 Å². The predicted octanol–water partition coefficient (Wildman–Crippen LogP) is 2.06. The Kier molecular flexibility index (Phi) is 5.59. The topological polar surface area (TPSA) is 69.0 Å². The zero-order valence-electron chi connectivity index (χ0n) is 17.1. The molecule has 0 saturated carbocycles. The Morgan fingerprint density at radius 3 is 2.30 bits per heavy atom. The van der Waals surface area contributed by atoms with Gasteiger partial charge in [-0.3, -0.25) is 14.5 Å². The minimum Gasteiger partial charge on any atom is -0.468 e. The van der Waals surface area contributed by atoms with Crippen LogP contribution in [0.1, 0.15) is 11.8 Å². The van der Waals surface area contributed by atoms with Crippen LogP contribution in [-0.2, 0) is 0 Å². The van der Waals surface area contributed by atoms with E-state index in [0.29, 0.717) is 44.1 Å². The molecule has 0 aliphatic carbocycles. The van der Waals surface area contributed by atoms with Gasteiger partial charge in [-0.05, 0) is 50.5 Å². The Hall–Kier alpha value is -3.13. The van der Waals surface area contributed by atoms with Crippen LogP contribution in [0.3, 0.4) is 0 Å². The molecule has 4 rings (SSSR count). The molecule has 0 spiro atoms. The summed E-state index contributed by atoms with van der Waals surface area (Å²) in [6.45, 7) is 3.07. The third kappa shape index (κ3) is 3.82. The van der Waals surface area contributed by atoms with E-state index in [-0.39, 0.29) is 11.9 Å². The second-order valence-corrected chi connectivity index (χ2v) is 7.71. The minimum atomic E-state index is -0.470. The SMILES string of the molecule is CN(C)[C@H](CNc1c(N2CCN(c3ccc(F)cc3)CC2)c(=O)c1=O)c1ccco1. The van der Waals surface area contributed by atoms with Gasteiger partial charge in [0.1, 0.15) is 23.0 Å². The summed E-state index contributed by atoms with van der Waals surface area (Å²) in [7, 11) is 3.87. The Morgan fingerprint density at radius 2 is 1.70 bits per heavy atom. The Labute approximate surface area is 174 Å². The van der Waals surface area contributed by atoms with E-state index in [2.05, 4.69) is 10.2 Å². The van der Waals surface area contributed by atoms with Crippen LogP contribution < -0.4 is 26.0 Å². The second kappa shape index (κ2) is 8.31. The Bertz CT molecular complexity index is 1050. The Balaban J connectivity index is 1.43. The van der Waals surface area contributed by atoms with Crippen molar-refractivity contribution in [2.45, 2.75) is 6.04 Å². The number of hydrogen-bond acceptors (Lipinski definition) is 7. The highest BCUT2D eigenvalue weighted by atomic mass is 19.1. The fourth-order valence-corrected chi connectivity index (χ4v) is 3.90. The van der Waals surface area contributed by atoms with E-state index in [1.165, 1.54) is 12.1 Å². The van der Waals surface area contributed by atoms with Gasteiger partial charge in [0.2, 0.25) is 0 Å². The van der Waals surface area contributed by atoms with E-state index in [4.69, 9.17) is 4.42 Å². The van der Waals surface area contributed by atoms with Gasteiger partial charge in [0.25, 0.3) is 10.9 Å². The number of hydrogen-bond donors (Lipinski definition) is 1. The fourth-order valence-electron chi connectivity index (χ4n) is 3.90. The number of likely N-dealkylation sites (N-methyl/N-ethyl adjacent to an activating group) is 1. The van der Waals surface area contributed by atoms with Crippen molar-refractivity contribution in [3.05, 3.63) is 74.7 Å². The number of benzene rings is 1. The largest absolute Gasteiger partial charge is 0.468 e. The van der Waals surface area contributed by atoms with Crippen LogP contribution in [-0.4, -0.2) is 51.7 Å². The lowest BCUT2D eigenvalue weighted by atomic mass is 10.1. The highest BCUT2D eigenvalue weighted by Gasteiger charge is 2.29. The lowest BCUT2D eigenvalue weighted by Gasteiger charge is -2.38. The van der Waals surface area contributed by atoms with Gasteiger partial charge in [-0.1, -0.05) is 0 Å². The molecule has 1 atom stereocenters. The zero-order valence-corrected chi connectivity index (χ0v) is 17.1. The van der Waals surface area contributed by atoms with E-state index in [1.54, 1.807) is 18.4 Å². The van der Waals surface area contributed by atoms with E-state index < -0.39 is 10.9 Å². The quantitative estimate of drug-likeness (QED) is 0.596. The maximum Gasteiger partial charge on any atom is 0.253 e. The molecule has 3 aromatic rings. The van der Waals surface area contributed by atoms with Gasteiger partial charge in [0.05, 0.1) is 12.3 Å². The van der Waals surface area contributed by atoms with Gasteiger partial charge in [-0.15, -0.1) is 0 Å². The molecule has 0 amide bonds. The lowest BCUT2D eigenvalue weighted by Crippen LogP contribution is -2.51. The van der Waals surface area contributed by atoms with Crippen LogP contribution in [0.4, 0.5) is 21.5 Å². The van der Waals surface area contributed by atoms with Crippen molar-refractivity contribution in [1.82, 2.24) is 4.90 Å². The first-order chi connectivity index (χ1) is 14.5. The third-order valence-corrected chi connectivity index (χ3v) is 5.64. The highest BCUT2D eigenvalue weighted by molar-refractivity contribution is 5.75. The third-order valence-electron chi connectivity index (χ3n) is 5.64. The summed E-state index contributed by atoms with van der Waals surface area (Å²) in [5, 5.41) is 3.18. The summed E-state index contributed by atoms with van der Waals surface area (Å²) in [5.74, 6) is 0.531. The van der Waals surface area contributed by atoms with Gasteiger partial charge in [0, 0.05) is 38.4 Å². The summed E-state index contributed by atoms with van der Waals surface area (Å²) in [6.07, 6.45) is 1.62. The zero-order chi connectivity index (χ0) is 21.3.